The number of hydrogen-bond donors (Lipinski definition) is 1. The van der Waals surface area contributed by atoms with E-state index in [0.717, 1.165) is 6.07 Å². The van der Waals surface area contributed by atoms with Gasteiger partial charge < -0.3 is 10.1 Å². The Morgan fingerprint density at radius 2 is 2.00 bits per heavy atom. The van der Waals surface area contributed by atoms with E-state index >= 15 is 0 Å². The molecule has 1 aromatic carbocycles. The second-order valence-corrected chi connectivity index (χ2v) is 6.49. The molecule has 116 valence electrons. The summed E-state index contributed by atoms with van der Waals surface area (Å²) in [6.07, 6.45) is 0.272. The molecule has 0 unspecified atom stereocenters. The predicted molar refractivity (Wildman–Crippen MR) is 75.9 cm³/mol. The monoisotopic (exact) mass is 297 g/mol. The molecule has 0 bridgehead atoms. The molecular formula is C16H21F2NO2. The number of carbonyl (C=O) groups is 1. The van der Waals surface area contributed by atoms with Crippen LogP contribution < -0.4 is 5.32 Å². The van der Waals surface area contributed by atoms with Gasteiger partial charge in [-0.05, 0) is 50.9 Å². The highest BCUT2D eigenvalue weighted by molar-refractivity contribution is 5.70. The maximum absolute atomic E-state index is 13.4. The van der Waals surface area contributed by atoms with E-state index in [1.807, 2.05) is 20.8 Å². The van der Waals surface area contributed by atoms with Crippen molar-refractivity contribution in [2.75, 3.05) is 13.1 Å². The van der Waals surface area contributed by atoms with Gasteiger partial charge in [0.2, 0.25) is 0 Å². The summed E-state index contributed by atoms with van der Waals surface area (Å²) in [4.78, 5) is 11.9. The molecule has 0 amide bonds. The van der Waals surface area contributed by atoms with Gasteiger partial charge in [0.05, 0.1) is 6.42 Å². The Morgan fingerprint density at radius 3 is 2.62 bits per heavy atom. The summed E-state index contributed by atoms with van der Waals surface area (Å²) in [7, 11) is 0. The fourth-order valence-electron chi connectivity index (χ4n) is 2.68. The third-order valence-electron chi connectivity index (χ3n) is 3.56. The van der Waals surface area contributed by atoms with Crippen LogP contribution in [0.5, 0.6) is 0 Å². The third kappa shape index (κ3) is 4.24. The molecule has 5 heteroatoms. The molecule has 21 heavy (non-hydrogen) atoms. The molecular weight excluding hydrogens is 276 g/mol. The van der Waals surface area contributed by atoms with E-state index < -0.39 is 17.2 Å². The number of ether oxygens (including phenoxy) is 1. The molecule has 3 nitrogen and oxygen atoms in total. The summed E-state index contributed by atoms with van der Waals surface area (Å²) in [5.41, 5.74) is 0.202. The fraction of sp³-hybridized carbons (Fsp3) is 0.562. The molecule has 1 fully saturated rings. The molecule has 1 heterocycles. The summed E-state index contributed by atoms with van der Waals surface area (Å²) in [6, 6.07) is 3.93. The first-order valence-corrected chi connectivity index (χ1v) is 7.14. The lowest BCUT2D eigenvalue weighted by Gasteiger charge is -2.23. The molecule has 0 aliphatic carbocycles. The number of benzene rings is 1. The number of esters is 1. The Kier molecular flexibility index (Phi) is 4.61. The van der Waals surface area contributed by atoms with Gasteiger partial charge in [-0.1, -0.05) is 6.07 Å². The smallest absolute Gasteiger partial charge is 0.306 e. The number of halogens is 2. The first-order valence-electron chi connectivity index (χ1n) is 7.14. The fourth-order valence-corrected chi connectivity index (χ4v) is 2.68. The van der Waals surface area contributed by atoms with Crippen LogP contribution in [-0.4, -0.2) is 24.7 Å². The van der Waals surface area contributed by atoms with Crippen LogP contribution in [0.4, 0.5) is 8.78 Å². The van der Waals surface area contributed by atoms with Gasteiger partial charge in [0.15, 0.2) is 11.6 Å². The zero-order chi connectivity index (χ0) is 15.6. The van der Waals surface area contributed by atoms with Crippen LogP contribution in [0.15, 0.2) is 18.2 Å². The SMILES string of the molecule is CC(C)(C)OC(=O)C[C@@H]1CNC[C@H]1c1ccc(F)c(F)c1. The Bertz CT molecular complexity index is 525. The molecule has 0 radical (unpaired) electrons. The maximum Gasteiger partial charge on any atom is 0.306 e. The largest absolute Gasteiger partial charge is 0.460 e. The van der Waals surface area contributed by atoms with E-state index in [9.17, 15) is 13.6 Å². The lowest BCUT2D eigenvalue weighted by molar-refractivity contribution is -0.155. The lowest BCUT2D eigenvalue weighted by atomic mass is 9.86. The van der Waals surface area contributed by atoms with Crippen molar-refractivity contribution in [3.63, 3.8) is 0 Å². The highest BCUT2D eigenvalue weighted by Crippen LogP contribution is 2.31. The molecule has 1 aliphatic heterocycles. The van der Waals surface area contributed by atoms with Gasteiger partial charge in [0, 0.05) is 12.5 Å². The maximum atomic E-state index is 13.4. The highest BCUT2D eigenvalue weighted by Gasteiger charge is 2.32. The predicted octanol–water partition coefficient (Wildman–Crippen LogP) is 3.00. The topological polar surface area (TPSA) is 38.3 Å². The lowest BCUT2D eigenvalue weighted by Crippen LogP contribution is -2.26. The van der Waals surface area contributed by atoms with Crippen LogP contribution in [0.2, 0.25) is 0 Å². The molecule has 0 aromatic heterocycles. The van der Waals surface area contributed by atoms with Crippen molar-refractivity contribution < 1.29 is 18.3 Å². The highest BCUT2D eigenvalue weighted by atomic mass is 19.2. The zero-order valence-electron chi connectivity index (χ0n) is 12.6. The van der Waals surface area contributed by atoms with Crippen LogP contribution in [-0.2, 0) is 9.53 Å². The molecule has 1 N–H and O–H groups in total. The van der Waals surface area contributed by atoms with Gasteiger partial charge >= 0.3 is 5.97 Å². The van der Waals surface area contributed by atoms with E-state index in [-0.39, 0.29) is 24.2 Å². The average molecular weight is 297 g/mol. The van der Waals surface area contributed by atoms with Gasteiger partial charge in [-0.3, -0.25) is 4.79 Å². The van der Waals surface area contributed by atoms with Crippen molar-refractivity contribution in [1.29, 1.82) is 0 Å². The van der Waals surface area contributed by atoms with Crippen LogP contribution in [0.25, 0.3) is 0 Å². The summed E-state index contributed by atoms with van der Waals surface area (Å²) < 4.78 is 31.7. The summed E-state index contributed by atoms with van der Waals surface area (Å²) in [6.45, 7) is 6.79. The first kappa shape index (κ1) is 15.9. The van der Waals surface area contributed by atoms with Crippen molar-refractivity contribution >= 4 is 5.97 Å². The van der Waals surface area contributed by atoms with E-state index in [1.54, 1.807) is 6.07 Å². The van der Waals surface area contributed by atoms with Crippen molar-refractivity contribution in [3.8, 4) is 0 Å². The minimum Gasteiger partial charge on any atom is -0.460 e. The average Bonchev–Trinajstić information content (AvgIpc) is 2.78. The van der Waals surface area contributed by atoms with Crippen molar-refractivity contribution in [3.05, 3.63) is 35.4 Å². The Balaban J connectivity index is 2.06. The zero-order valence-corrected chi connectivity index (χ0v) is 12.6. The Labute approximate surface area is 123 Å². The van der Waals surface area contributed by atoms with Crippen molar-refractivity contribution in [1.82, 2.24) is 5.32 Å². The molecule has 0 saturated carbocycles. The standard InChI is InChI=1S/C16H21F2NO2/c1-16(2,3)21-15(20)7-11-8-19-9-12(11)10-4-5-13(17)14(18)6-10/h4-6,11-12,19H,7-9H2,1-3H3/t11-,12+/m1/s1. The van der Waals surface area contributed by atoms with E-state index in [1.165, 1.54) is 6.07 Å². The van der Waals surface area contributed by atoms with Crippen LogP contribution >= 0.6 is 0 Å². The quantitative estimate of drug-likeness (QED) is 0.872. The molecule has 1 aliphatic rings. The number of rotatable bonds is 3. The van der Waals surface area contributed by atoms with Gasteiger partial charge in [0.25, 0.3) is 0 Å². The summed E-state index contributed by atoms with van der Waals surface area (Å²) in [5.74, 6) is -1.94. The van der Waals surface area contributed by atoms with Gasteiger partial charge in [-0.2, -0.15) is 0 Å². The minimum atomic E-state index is -0.853. The van der Waals surface area contributed by atoms with E-state index in [2.05, 4.69) is 5.32 Å². The molecule has 2 rings (SSSR count). The summed E-state index contributed by atoms with van der Waals surface area (Å²) in [5, 5.41) is 3.20. The van der Waals surface area contributed by atoms with Gasteiger partial charge in [-0.15, -0.1) is 0 Å². The van der Waals surface area contributed by atoms with Crippen LogP contribution in [0.3, 0.4) is 0 Å². The molecule has 1 saturated heterocycles. The second-order valence-electron chi connectivity index (χ2n) is 6.49. The van der Waals surface area contributed by atoms with Gasteiger partial charge in [-0.25, -0.2) is 8.78 Å². The van der Waals surface area contributed by atoms with Crippen molar-refractivity contribution in [2.45, 2.75) is 38.7 Å². The van der Waals surface area contributed by atoms with Crippen LogP contribution in [0, 0.1) is 17.6 Å². The number of nitrogens with one attached hydrogen (secondary N) is 1. The van der Waals surface area contributed by atoms with Crippen LogP contribution in [0.1, 0.15) is 38.7 Å². The summed E-state index contributed by atoms with van der Waals surface area (Å²) >= 11 is 0. The van der Waals surface area contributed by atoms with E-state index in [0.29, 0.717) is 18.7 Å². The first-order chi connectivity index (χ1) is 9.76. The second kappa shape index (κ2) is 6.10. The third-order valence-corrected chi connectivity index (χ3v) is 3.56. The normalized spacial score (nSPS) is 22.3. The van der Waals surface area contributed by atoms with E-state index in [4.69, 9.17) is 4.74 Å². The van der Waals surface area contributed by atoms with Crippen molar-refractivity contribution in [2.24, 2.45) is 5.92 Å². The number of carbonyl (C=O) groups excluding carboxylic acids is 1. The van der Waals surface area contributed by atoms with Gasteiger partial charge in [0.1, 0.15) is 5.60 Å². The molecule has 1 aromatic rings. The number of hydrogen-bond acceptors (Lipinski definition) is 3. The Morgan fingerprint density at radius 1 is 1.29 bits per heavy atom. The molecule has 0 spiro atoms. The minimum absolute atomic E-state index is 0.00683. The Hall–Kier alpha value is -1.49. The molecule has 2 atom stereocenters.